The zero-order valence-electron chi connectivity index (χ0n) is 7.99. The molecule has 2 nitrogen and oxygen atoms in total. The van der Waals surface area contributed by atoms with Gasteiger partial charge in [-0.25, -0.2) is 6.58 Å². The Morgan fingerprint density at radius 2 is 1.92 bits per heavy atom. The van der Waals surface area contributed by atoms with Crippen molar-refractivity contribution in [2.75, 3.05) is 13.9 Å². The summed E-state index contributed by atoms with van der Waals surface area (Å²) in [6, 6.07) is 9.49. The Morgan fingerprint density at radius 1 is 1.31 bits per heavy atom. The normalized spacial score (nSPS) is 8.69. The molecule has 1 aromatic carbocycles. The average molecular weight is 170 g/mol. The van der Waals surface area contributed by atoms with Crippen molar-refractivity contribution in [3.8, 4) is 0 Å². The van der Waals surface area contributed by atoms with Crippen LogP contribution in [0.4, 0.5) is 0 Å². The van der Waals surface area contributed by atoms with Crippen LogP contribution in [0.5, 0.6) is 0 Å². The Morgan fingerprint density at radius 3 is 2.46 bits per heavy atom. The van der Waals surface area contributed by atoms with E-state index in [1.807, 2.05) is 30.3 Å². The van der Waals surface area contributed by atoms with Crippen LogP contribution < -0.4 is 18.9 Å². The van der Waals surface area contributed by atoms with Gasteiger partial charge in [0.2, 0.25) is 0 Å². The number of methoxy groups -OCH3 is 1. The molecule has 1 aromatic rings. The molecule has 0 unspecified atom stereocenters. The Hall–Kier alpha value is -0.683. The fourth-order valence-corrected chi connectivity index (χ4v) is 0.808. The van der Waals surface area contributed by atoms with Gasteiger partial charge in [0.05, 0.1) is 0 Å². The molecule has 0 spiro atoms. The summed E-state index contributed by atoms with van der Waals surface area (Å²) in [4.78, 5) is 0. The van der Waals surface area contributed by atoms with Crippen LogP contribution in [0.15, 0.2) is 30.3 Å². The van der Waals surface area contributed by atoms with Gasteiger partial charge in [0, 0.05) is 7.11 Å². The monoisotopic (exact) mass is 170 g/mol. The van der Waals surface area contributed by atoms with Crippen LogP contribution in [-0.4, -0.2) is 13.9 Å². The molecule has 0 fully saturated rings. The molecule has 3 heteroatoms. The van der Waals surface area contributed by atoms with E-state index in [1.165, 1.54) is 0 Å². The topological polar surface area (TPSA) is 18.5 Å². The van der Waals surface area contributed by atoms with Crippen molar-refractivity contribution in [2.24, 2.45) is 0 Å². The van der Waals surface area contributed by atoms with Gasteiger partial charge in [0.1, 0.15) is 0 Å². The Bertz CT molecular complexity index is 246. The van der Waals surface area contributed by atoms with Crippen LogP contribution in [0.2, 0.25) is 0 Å². The van der Waals surface area contributed by atoms with Crippen molar-refractivity contribution in [1.82, 2.24) is 0 Å². The molecule has 0 heterocycles. The van der Waals surface area contributed by atoms with Crippen LogP contribution in [0.3, 0.4) is 0 Å². The Kier molecular flexibility index (Phi) is 6.44. The smallest absolute Gasteiger partial charge is 0.505 e. The van der Waals surface area contributed by atoms with E-state index in [4.69, 9.17) is 16.1 Å². The number of benzene rings is 1. The summed E-state index contributed by atoms with van der Waals surface area (Å²) in [6.07, 6.45) is 0. The molecule has 0 atom stereocenters. The van der Waals surface area contributed by atoms with E-state index in [2.05, 4.69) is 0 Å². The number of hydrogen-bond acceptors (Lipinski definition) is 2. The molecule has 0 amide bonds. The van der Waals surface area contributed by atoms with E-state index in [0.717, 1.165) is 5.56 Å². The van der Waals surface area contributed by atoms with Gasteiger partial charge in [-0.05, 0) is 5.76 Å². The molecular formula is C10H11LiO2. The van der Waals surface area contributed by atoms with Crippen molar-refractivity contribution in [3.05, 3.63) is 42.5 Å². The van der Waals surface area contributed by atoms with E-state index in [-0.39, 0.29) is 25.7 Å². The van der Waals surface area contributed by atoms with Gasteiger partial charge in [0.25, 0.3) is 0 Å². The predicted molar refractivity (Wildman–Crippen MR) is 47.1 cm³/mol. The third-order valence-corrected chi connectivity index (χ3v) is 1.39. The summed E-state index contributed by atoms with van der Waals surface area (Å²) in [5.74, 6) is 0.387. The minimum atomic E-state index is 0. The molecule has 64 valence electrons. The third kappa shape index (κ3) is 4.19. The second-order valence-electron chi connectivity index (χ2n) is 2.28. The second kappa shape index (κ2) is 6.79. The maximum atomic E-state index is 5.60. The maximum absolute atomic E-state index is 5.60. The van der Waals surface area contributed by atoms with Crippen molar-refractivity contribution in [2.45, 2.75) is 0 Å². The standard InChI is InChI=1S/C10H11O2.Li/c1-9(12-8-11-2)10-6-4-3-5-7-10;/h1,3-7H,8H2,2H3;/q-1;+1. The molecule has 13 heavy (non-hydrogen) atoms. The molecule has 0 radical (unpaired) electrons. The molecule has 0 N–H and O–H groups in total. The molecule has 0 aliphatic carbocycles. The maximum Gasteiger partial charge on any atom is 1.00 e. The minimum absolute atomic E-state index is 0. The van der Waals surface area contributed by atoms with Gasteiger partial charge >= 0.3 is 18.9 Å². The van der Waals surface area contributed by atoms with Gasteiger partial charge in [-0.2, -0.15) is 0 Å². The van der Waals surface area contributed by atoms with E-state index in [9.17, 15) is 0 Å². The van der Waals surface area contributed by atoms with Crippen LogP contribution in [-0.2, 0) is 9.47 Å². The molecule has 0 saturated heterocycles. The third-order valence-electron chi connectivity index (χ3n) is 1.39. The quantitative estimate of drug-likeness (QED) is 0.252. The average Bonchev–Trinajstić information content (AvgIpc) is 2.15. The van der Waals surface area contributed by atoms with Gasteiger partial charge < -0.3 is 9.47 Å². The number of hydrogen-bond donors (Lipinski definition) is 0. The van der Waals surface area contributed by atoms with Gasteiger partial charge in [-0.3, -0.25) is 0 Å². The molecular weight excluding hydrogens is 159 g/mol. The van der Waals surface area contributed by atoms with Crippen molar-refractivity contribution in [3.63, 3.8) is 0 Å². The SMILES string of the molecule is [CH-]=C(OCOC)c1ccccc1.[Li+]. The van der Waals surface area contributed by atoms with E-state index in [1.54, 1.807) is 7.11 Å². The van der Waals surface area contributed by atoms with Gasteiger partial charge in [-0.1, -0.05) is 18.2 Å². The molecule has 1 rings (SSSR count). The first kappa shape index (κ1) is 12.3. The van der Waals surface area contributed by atoms with Crippen molar-refractivity contribution >= 4 is 5.76 Å². The summed E-state index contributed by atoms with van der Waals surface area (Å²) < 4.78 is 9.76. The molecule has 0 aliphatic heterocycles. The van der Waals surface area contributed by atoms with Gasteiger partial charge in [-0.15, -0.1) is 17.7 Å². The summed E-state index contributed by atoms with van der Waals surface area (Å²) in [5.41, 5.74) is 0.870. The fourth-order valence-electron chi connectivity index (χ4n) is 0.808. The summed E-state index contributed by atoms with van der Waals surface area (Å²) >= 11 is 0. The van der Waals surface area contributed by atoms with Crippen LogP contribution in [0.25, 0.3) is 5.76 Å². The zero-order chi connectivity index (χ0) is 8.81. The summed E-state index contributed by atoms with van der Waals surface area (Å²) in [7, 11) is 1.55. The van der Waals surface area contributed by atoms with Crippen molar-refractivity contribution < 1.29 is 28.3 Å². The molecule has 0 aliphatic rings. The second-order valence-corrected chi connectivity index (χ2v) is 2.28. The van der Waals surface area contributed by atoms with Crippen molar-refractivity contribution in [1.29, 1.82) is 0 Å². The largest absolute Gasteiger partial charge is 1.00 e. The molecule has 0 bridgehead atoms. The fraction of sp³-hybridized carbons (Fsp3) is 0.200. The van der Waals surface area contributed by atoms with Crippen LogP contribution in [0.1, 0.15) is 5.56 Å². The number of ether oxygens (including phenoxy) is 2. The Labute approximate surface area is 90.7 Å². The Balaban J connectivity index is 0.00000144. The van der Waals surface area contributed by atoms with E-state index in [0.29, 0.717) is 5.76 Å². The first-order valence-electron chi connectivity index (χ1n) is 3.64. The van der Waals surface area contributed by atoms with Crippen LogP contribution in [0, 0.1) is 6.58 Å². The summed E-state index contributed by atoms with van der Waals surface area (Å²) in [5, 5.41) is 0. The molecule has 0 saturated carbocycles. The zero-order valence-corrected chi connectivity index (χ0v) is 7.99. The first-order valence-corrected chi connectivity index (χ1v) is 3.64. The van der Waals surface area contributed by atoms with E-state index < -0.39 is 0 Å². The van der Waals surface area contributed by atoms with E-state index >= 15 is 0 Å². The van der Waals surface area contributed by atoms with Gasteiger partial charge in [0.15, 0.2) is 6.79 Å². The predicted octanol–water partition coefficient (Wildman–Crippen LogP) is -0.915. The van der Waals surface area contributed by atoms with Crippen LogP contribution >= 0.6 is 0 Å². The first-order chi connectivity index (χ1) is 5.84. The summed E-state index contributed by atoms with van der Waals surface area (Å²) in [6.45, 7) is 5.78. The minimum Gasteiger partial charge on any atom is -0.505 e. The number of rotatable bonds is 4. The molecule has 0 aromatic heterocycles.